The van der Waals surface area contributed by atoms with Crippen molar-refractivity contribution in [1.82, 2.24) is 24.8 Å². The molecule has 1 aliphatic rings. The lowest BCUT2D eigenvalue weighted by Gasteiger charge is -2.41. The SMILES string of the molecule is CNC(=O)CC1(N)CCCN(c2cnc(-c3ccc(F)c(F)c3)cc2Cn2cnc3c(N)nccc32)C1. The molecule has 11 heteroatoms. The highest BCUT2D eigenvalue weighted by atomic mass is 19.2. The van der Waals surface area contributed by atoms with Gasteiger partial charge in [0, 0.05) is 43.9 Å². The molecule has 4 aromatic rings. The number of pyridine rings is 2. The van der Waals surface area contributed by atoms with Gasteiger partial charge in [-0.2, -0.15) is 0 Å². The lowest BCUT2D eigenvalue weighted by molar-refractivity contribution is -0.121. The standard InChI is InChI=1S/C26H28F2N8O/c1-31-23(37)11-26(30)6-2-8-35(14-26)22-12-33-20(16-3-4-18(27)19(28)9-16)10-17(22)13-36-15-34-24-21(36)5-7-32-25(24)29/h3-5,7,9-10,12,15H,2,6,8,11,13-14,30H2,1H3,(H2,29,32)(H,31,37). The Morgan fingerprint density at radius 1 is 1.16 bits per heavy atom. The van der Waals surface area contributed by atoms with Crippen molar-refractivity contribution < 1.29 is 13.6 Å². The molecular formula is C26H28F2N8O. The van der Waals surface area contributed by atoms with Crippen LogP contribution in [0.15, 0.2) is 49.1 Å². The summed E-state index contributed by atoms with van der Waals surface area (Å²) < 4.78 is 29.5. The van der Waals surface area contributed by atoms with Gasteiger partial charge in [0.05, 0.1) is 36.0 Å². The van der Waals surface area contributed by atoms with Crippen LogP contribution >= 0.6 is 0 Å². The fourth-order valence-electron chi connectivity index (χ4n) is 4.96. The van der Waals surface area contributed by atoms with E-state index in [0.717, 1.165) is 48.3 Å². The van der Waals surface area contributed by atoms with E-state index in [9.17, 15) is 13.6 Å². The van der Waals surface area contributed by atoms with Crippen molar-refractivity contribution >= 4 is 28.4 Å². The van der Waals surface area contributed by atoms with Crippen LogP contribution in [0.5, 0.6) is 0 Å². The molecular weight excluding hydrogens is 478 g/mol. The van der Waals surface area contributed by atoms with E-state index in [4.69, 9.17) is 11.5 Å². The maximum absolute atomic E-state index is 14.0. The van der Waals surface area contributed by atoms with E-state index in [1.807, 2.05) is 16.7 Å². The Morgan fingerprint density at radius 2 is 2.00 bits per heavy atom. The number of hydrogen-bond donors (Lipinski definition) is 3. The third kappa shape index (κ3) is 4.94. The van der Waals surface area contributed by atoms with E-state index < -0.39 is 17.2 Å². The van der Waals surface area contributed by atoms with E-state index in [0.29, 0.717) is 35.7 Å². The van der Waals surface area contributed by atoms with Crippen LogP contribution in [0.4, 0.5) is 20.3 Å². The number of imidazole rings is 1. The highest BCUT2D eigenvalue weighted by Gasteiger charge is 2.34. The van der Waals surface area contributed by atoms with Crippen molar-refractivity contribution in [3.8, 4) is 11.3 Å². The first-order chi connectivity index (χ1) is 17.8. The summed E-state index contributed by atoms with van der Waals surface area (Å²) in [6.07, 6.45) is 6.81. The number of rotatable bonds is 6. The van der Waals surface area contributed by atoms with Gasteiger partial charge >= 0.3 is 0 Å². The number of nitrogens with two attached hydrogens (primary N) is 2. The van der Waals surface area contributed by atoms with Gasteiger partial charge in [-0.3, -0.25) is 9.78 Å². The Balaban J connectivity index is 1.56. The zero-order chi connectivity index (χ0) is 26.2. The van der Waals surface area contributed by atoms with Crippen molar-refractivity contribution in [1.29, 1.82) is 0 Å². The second-order valence-electron chi connectivity index (χ2n) is 9.50. The molecule has 1 aromatic carbocycles. The molecule has 1 fully saturated rings. The smallest absolute Gasteiger partial charge is 0.221 e. The summed E-state index contributed by atoms with van der Waals surface area (Å²) in [7, 11) is 1.60. The number of anilines is 2. The molecule has 5 N–H and O–H groups in total. The number of piperidine rings is 1. The quantitative estimate of drug-likeness (QED) is 0.367. The summed E-state index contributed by atoms with van der Waals surface area (Å²) in [4.78, 5) is 27.3. The van der Waals surface area contributed by atoms with Gasteiger partial charge in [0.2, 0.25) is 5.91 Å². The van der Waals surface area contributed by atoms with Gasteiger partial charge < -0.3 is 26.3 Å². The molecule has 1 saturated heterocycles. The molecule has 1 unspecified atom stereocenters. The maximum Gasteiger partial charge on any atom is 0.221 e. The van der Waals surface area contributed by atoms with Gasteiger partial charge in [0.15, 0.2) is 17.5 Å². The number of carbonyl (C=O) groups is 1. The normalized spacial score (nSPS) is 17.8. The minimum Gasteiger partial charge on any atom is -0.382 e. The second kappa shape index (κ2) is 9.74. The summed E-state index contributed by atoms with van der Waals surface area (Å²) in [6.45, 7) is 1.63. The summed E-state index contributed by atoms with van der Waals surface area (Å²) in [5.74, 6) is -1.62. The molecule has 0 saturated carbocycles. The van der Waals surface area contributed by atoms with Crippen LogP contribution in [0, 0.1) is 11.6 Å². The Morgan fingerprint density at radius 3 is 2.78 bits per heavy atom. The van der Waals surface area contributed by atoms with E-state index in [1.165, 1.54) is 6.07 Å². The number of nitrogens with one attached hydrogen (secondary N) is 1. The van der Waals surface area contributed by atoms with Gasteiger partial charge in [-0.1, -0.05) is 0 Å². The number of nitrogen functional groups attached to an aromatic ring is 1. The van der Waals surface area contributed by atoms with E-state index in [2.05, 4.69) is 25.2 Å². The number of carbonyl (C=O) groups excluding carboxylic acids is 1. The molecule has 1 aliphatic heterocycles. The van der Waals surface area contributed by atoms with Gasteiger partial charge in [0.1, 0.15) is 5.52 Å². The van der Waals surface area contributed by atoms with Gasteiger partial charge in [-0.25, -0.2) is 18.7 Å². The third-order valence-electron chi connectivity index (χ3n) is 6.83. The molecule has 0 spiro atoms. The summed E-state index contributed by atoms with van der Waals surface area (Å²) in [5, 5.41) is 2.66. The molecule has 1 amide bonds. The van der Waals surface area contributed by atoms with Crippen LogP contribution in [-0.4, -0.2) is 51.1 Å². The number of amides is 1. The van der Waals surface area contributed by atoms with E-state index in [-0.39, 0.29) is 12.3 Å². The number of hydrogen-bond acceptors (Lipinski definition) is 7. The number of benzene rings is 1. The molecule has 1 atom stereocenters. The highest BCUT2D eigenvalue weighted by molar-refractivity contribution is 5.84. The third-order valence-corrected chi connectivity index (χ3v) is 6.83. The van der Waals surface area contributed by atoms with Crippen molar-refractivity contribution in [2.75, 3.05) is 30.8 Å². The summed E-state index contributed by atoms with van der Waals surface area (Å²) in [6, 6.07) is 7.42. The van der Waals surface area contributed by atoms with Crippen molar-refractivity contribution in [3.05, 3.63) is 66.3 Å². The van der Waals surface area contributed by atoms with E-state index in [1.54, 1.807) is 25.8 Å². The van der Waals surface area contributed by atoms with Crippen LogP contribution in [0.25, 0.3) is 22.3 Å². The molecule has 37 heavy (non-hydrogen) atoms. The minimum atomic E-state index is -0.938. The molecule has 5 rings (SSSR count). The first-order valence-corrected chi connectivity index (χ1v) is 12.0. The van der Waals surface area contributed by atoms with Crippen LogP contribution in [0.1, 0.15) is 24.8 Å². The Bertz CT molecular complexity index is 1470. The summed E-state index contributed by atoms with van der Waals surface area (Å²) in [5.41, 5.74) is 16.1. The highest BCUT2D eigenvalue weighted by Crippen LogP contribution is 2.32. The molecule has 192 valence electrons. The van der Waals surface area contributed by atoms with Crippen LogP contribution in [0.2, 0.25) is 0 Å². The Labute approximate surface area is 212 Å². The molecule has 0 bridgehead atoms. The lowest BCUT2D eigenvalue weighted by Crippen LogP contribution is -2.56. The van der Waals surface area contributed by atoms with Gasteiger partial charge in [-0.05, 0) is 48.7 Å². The van der Waals surface area contributed by atoms with E-state index >= 15 is 0 Å². The fourth-order valence-corrected chi connectivity index (χ4v) is 4.96. The molecule has 0 aliphatic carbocycles. The van der Waals surface area contributed by atoms with Crippen LogP contribution in [0.3, 0.4) is 0 Å². The number of nitrogens with zero attached hydrogens (tertiary/aromatic N) is 5. The molecule has 9 nitrogen and oxygen atoms in total. The fraction of sp³-hybridized carbons (Fsp3) is 0.308. The van der Waals surface area contributed by atoms with Crippen LogP contribution in [-0.2, 0) is 11.3 Å². The van der Waals surface area contributed by atoms with Gasteiger partial charge in [0.25, 0.3) is 0 Å². The zero-order valence-corrected chi connectivity index (χ0v) is 20.4. The second-order valence-corrected chi connectivity index (χ2v) is 9.50. The van der Waals surface area contributed by atoms with Crippen molar-refractivity contribution in [2.45, 2.75) is 31.3 Å². The van der Waals surface area contributed by atoms with Crippen LogP contribution < -0.4 is 21.7 Å². The lowest BCUT2D eigenvalue weighted by atomic mass is 9.86. The topological polar surface area (TPSA) is 128 Å². The predicted octanol–water partition coefficient (Wildman–Crippen LogP) is 2.84. The van der Waals surface area contributed by atoms with Crippen molar-refractivity contribution in [2.24, 2.45) is 5.73 Å². The average molecular weight is 507 g/mol. The molecule has 4 heterocycles. The first-order valence-electron chi connectivity index (χ1n) is 12.0. The van der Waals surface area contributed by atoms with Gasteiger partial charge in [-0.15, -0.1) is 0 Å². The average Bonchev–Trinajstić information content (AvgIpc) is 3.29. The molecule has 0 radical (unpaired) electrons. The summed E-state index contributed by atoms with van der Waals surface area (Å²) >= 11 is 0. The predicted molar refractivity (Wildman–Crippen MR) is 138 cm³/mol. The first kappa shape index (κ1) is 24.6. The Kier molecular flexibility index (Phi) is 6.46. The largest absolute Gasteiger partial charge is 0.382 e. The number of fused-ring (bicyclic) bond motifs is 1. The number of halogens is 2. The van der Waals surface area contributed by atoms with Crippen molar-refractivity contribution in [3.63, 3.8) is 0 Å². The number of aromatic nitrogens is 4. The maximum atomic E-state index is 14.0. The molecule has 3 aromatic heterocycles. The minimum absolute atomic E-state index is 0.104. The monoisotopic (exact) mass is 506 g/mol. The zero-order valence-electron chi connectivity index (χ0n) is 20.4. The Hall–Kier alpha value is -4.12.